The summed E-state index contributed by atoms with van der Waals surface area (Å²) >= 11 is 1.43. The minimum atomic E-state index is -1.30. The SMILES string of the molecule is CC(C)CCC[C@@H](C)[C@H]1CC[C@H]2[C@@H]3CC=C4C[C@@H](OCCCCS[C@@H]5O[C@H](CO)[C@@H](O)[C@H](O)[C@@H]5O)CC[C@]4(C)[C@H]3CC[C@]12C. The monoisotopic (exact) mass is 636 g/mol. The average Bonchev–Trinajstić information content (AvgIpc) is 3.35. The Morgan fingerprint density at radius 3 is 2.48 bits per heavy atom. The van der Waals surface area contributed by atoms with Crippen molar-refractivity contribution < 1.29 is 29.9 Å². The molecule has 5 aliphatic rings. The average molecular weight is 637 g/mol. The number of allylic oxidation sites excluding steroid dienone is 1. The van der Waals surface area contributed by atoms with E-state index in [1.54, 1.807) is 5.57 Å². The standard InChI is InChI=1S/C37H64O6S/c1-23(2)9-8-10-24(3)28-13-14-29-27-12-11-25-21-26(15-17-36(25,4)30(27)16-18-37(28,29)5)42-19-6-7-20-44-35-34(41)33(40)32(39)31(22-38)43-35/h11,23-24,26-35,38-41H,6-10,12-22H2,1-5H3/t24-,26+,27+,28-,29+,30+,31-,32-,33+,34+,35+,36+,37-/m1/s1. The highest BCUT2D eigenvalue weighted by Gasteiger charge is 2.59. The second-order valence-electron chi connectivity index (χ2n) is 16.3. The number of hydrogen-bond acceptors (Lipinski definition) is 7. The summed E-state index contributed by atoms with van der Waals surface area (Å²) in [6, 6.07) is 0. The highest BCUT2D eigenvalue weighted by Crippen LogP contribution is 2.67. The fourth-order valence-electron chi connectivity index (χ4n) is 10.7. The summed E-state index contributed by atoms with van der Waals surface area (Å²) in [6.07, 6.45) is 15.0. The summed E-state index contributed by atoms with van der Waals surface area (Å²) in [7, 11) is 0. The lowest BCUT2D eigenvalue weighted by atomic mass is 9.47. The van der Waals surface area contributed by atoms with E-state index in [1.165, 1.54) is 69.5 Å². The second-order valence-corrected chi connectivity index (χ2v) is 17.5. The van der Waals surface area contributed by atoms with Gasteiger partial charge >= 0.3 is 0 Å². The van der Waals surface area contributed by atoms with Gasteiger partial charge in [0, 0.05) is 6.61 Å². The van der Waals surface area contributed by atoms with Crippen LogP contribution >= 0.6 is 11.8 Å². The zero-order valence-electron chi connectivity index (χ0n) is 28.3. The van der Waals surface area contributed by atoms with Crippen LogP contribution in [-0.2, 0) is 9.47 Å². The van der Waals surface area contributed by atoms with Gasteiger partial charge in [-0.05, 0) is 116 Å². The molecular formula is C37H64O6S. The smallest absolute Gasteiger partial charge is 0.132 e. The van der Waals surface area contributed by atoms with Gasteiger partial charge in [-0.1, -0.05) is 65.5 Å². The van der Waals surface area contributed by atoms with Crippen LogP contribution in [0, 0.1) is 46.3 Å². The van der Waals surface area contributed by atoms with Gasteiger partial charge in [0.05, 0.1) is 12.7 Å². The third-order valence-electron chi connectivity index (χ3n) is 13.3. The third-order valence-corrected chi connectivity index (χ3v) is 14.5. The first-order valence-corrected chi connectivity index (χ1v) is 19.3. The molecule has 0 aromatic carbocycles. The molecule has 0 aromatic heterocycles. The molecular weight excluding hydrogens is 572 g/mol. The first-order valence-electron chi connectivity index (χ1n) is 18.2. The van der Waals surface area contributed by atoms with Crippen molar-refractivity contribution in [3.8, 4) is 0 Å². The van der Waals surface area contributed by atoms with E-state index in [9.17, 15) is 20.4 Å². The molecule has 4 fully saturated rings. The third kappa shape index (κ3) is 7.15. The Morgan fingerprint density at radius 2 is 1.73 bits per heavy atom. The van der Waals surface area contributed by atoms with E-state index in [1.807, 2.05) is 0 Å². The Kier molecular flexibility index (Phi) is 11.9. The van der Waals surface area contributed by atoms with Crippen molar-refractivity contribution in [3.63, 3.8) is 0 Å². The van der Waals surface area contributed by atoms with E-state index in [4.69, 9.17) is 9.47 Å². The molecule has 1 heterocycles. The highest BCUT2D eigenvalue weighted by molar-refractivity contribution is 7.99. The first kappa shape index (κ1) is 35.2. The van der Waals surface area contributed by atoms with Gasteiger partial charge in [-0.3, -0.25) is 0 Å². The molecule has 1 saturated heterocycles. The molecule has 44 heavy (non-hydrogen) atoms. The normalized spacial score (nSPS) is 44.5. The number of thioether (sulfide) groups is 1. The summed E-state index contributed by atoms with van der Waals surface area (Å²) in [6.45, 7) is 13.0. The van der Waals surface area contributed by atoms with Gasteiger partial charge in [-0.15, -0.1) is 11.8 Å². The highest BCUT2D eigenvalue weighted by atomic mass is 32.2. The molecule has 7 heteroatoms. The zero-order chi connectivity index (χ0) is 31.6. The molecule has 3 saturated carbocycles. The van der Waals surface area contributed by atoms with E-state index < -0.39 is 29.9 Å². The summed E-state index contributed by atoms with van der Waals surface area (Å²) in [5.74, 6) is 5.99. The van der Waals surface area contributed by atoms with Crippen LogP contribution in [-0.4, -0.2) is 75.3 Å². The molecule has 1 aliphatic heterocycles. The van der Waals surface area contributed by atoms with Crippen molar-refractivity contribution in [2.45, 2.75) is 154 Å². The number of aliphatic hydroxyl groups excluding tert-OH is 4. The van der Waals surface area contributed by atoms with Crippen LogP contribution in [0.3, 0.4) is 0 Å². The number of ether oxygens (including phenoxy) is 2. The molecule has 6 nitrogen and oxygen atoms in total. The molecule has 0 spiro atoms. The van der Waals surface area contributed by atoms with Crippen LogP contribution < -0.4 is 0 Å². The van der Waals surface area contributed by atoms with Gasteiger partial charge in [0.2, 0.25) is 0 Å². The minimum absolute atomic E-state index is 0.320. The van der Waals surface area contributed by atoms with Crippen LogP contribution in [0.15, 0.2) is 11.6 Å². The summed E-state index contributed by atoms with van der Waals surface area (Å²) < 4.78 is 12.0. The van der Waals surface area contributed by atoms with Gasteiger partial charge in [0.15, 0.2) is 0 Å². The lowest BCUT2D eigenvalue weighted by Crippen LogP contribution is -2.57. The quantitative estimate of drug-likeness (QED) is 0.132. The lowest BCUT2D eigenvalue weighted by Gasteiger charge is -2.58. The number of hydrogen-bond donors (Lipinski definition) is 4. The number of fused-ring (bicyclic) bond motifs is 5. The van der Waals surface area contributed by atoms with Crippen LogP contribution in [0.5, 0.6) is 0 Å². The molecule has 254 valence electrons. The van der Waals surface area contributed by atoms with E-state index in [0.29, 0.717) is 16.9 Å². The predicted molar refractivity (Wildman–Crippen MR) is 178 cm³/mol. The number of rotatable bonds is 13. The van der Waals surface area contributed by atoms with Gasteiger partial charge in [0.25, 0.3) is 0 Å². The molecule has 0 aromatic rings. The van der Waals surface area contributed by atoms with Crippen LogP contribution in [0.2, 0.25) is 0 Å². The van der Waals surface area contributed by atoms with Crippen molar-refractivity contribution in [1.29, 1.82) is 0 Å². The maximum Gasteiger partial charge on any atom is 0.132 e. The van der Waals surface area contributed by atoms with E-state index >= 15 is 0 Å². The largest absolute Gasteiger partial charge is 0.394 e. The van der Waals surface area contributed by atoms with Gasteiger partial charge in [-0.2, -0.15) is 0 Å². The van der Waals surface area contributed by atoms with Crippen molar-refractivity contribution >= 4 is 11.8 Å². The minimum Gasteiger partial charge on any atom is -0.394 e. The summed E-state index contributed by atoms with van der Waals surface area (Å²) in [5.41, 5.74) is 1.94. The molecule has 0 radical (unpaired) electrons. The van der Waals surface area contributed by atoms with Crippen molar-refractivity contribution in [3.05, 3.63) is 11.6 Å². The van der Waals surface area contributed by atoms with Crippen molar-refractivity contribution in [1.82, 2.24) is 0 Å². The Bertz CT molecular complexity index is 956. The van der Waals surface area contributed by atoms with E-state index in [-0.39, 0.29) is 6.61 Å². The topological polar surface area (TPSA) is 99.4 Å². The Labute approximate surface area is 272 Å². The molecule has 4 aliphatic carbocycles. The Morgan fingerprint density at radius 1 is 0.932 bits per heavy atom. The second kappa shape index (κ2) is 15.0. The van der Waals surface area contributed by atoms with Gasteiger partial charge in [-0.25, -0.2) is 0 Å². The zero-order valence-corrected chi connectivity index (χ0v) is 29.1. The van der Waals surface area contributed by atoms with Crippen molar-refractivity contribution in [2.24, 2.45) is 46.3 Å². The molecule has 13 atom stereocenters. The fourth-order valence-corrected chi connectivity index (χ4v) is 11.8. The summed E-state index contributed by atoms with van der Waals surface area (Å²) in [5, 5.41) is 39.6. The van der Waals surface area contributed by atoms with Gasteiger partial charge in [0.1, 0.15) is 29.9 Å². The molecule has 0 amide bonds. The molecule has 5 rings (SSSR count). The van der Waals surface area contributed by atoms with Crippen molar-refractivity contribution in [2.75, 3.05) is 19.0 Å². The van der Waals surface area contributed by atoms with Crippen LogP contribution in [0.4, 0.5) is 0 Å². The van der Waals surface area contributed by atoms with E-state index in [0.717, 1.165) is 73.6 Å². The molecule has 0 bridgehead atoms. The van der Waals surface area contributed by atoms with Gasteiger partial charge < -0.3 is 29.9 Å². The maximum absolute atomic E-state index is 10.2. The van der Waals surface area contributed by atoms with Crippen LogP contribution in [0.25, 0.3) is 0 Å². The maximum atomic E-state index is 10.2. The van der Waals surface area contributed by atoms with E-state index in [2.05, 4.69) is 40.7 Å². The fraction of sp³-hybridized carbons (Fsp3) is 0.946. The molecule has 4 N–H and O–H groups in total. The number of aliphatic hydroxyl groups is 4. The number of unbranched alkanes of at least 4 members (excludes halogenated alkanes) is 1. The predicted octanol–water partition coefficient (Wildman–Crippen LogP) is 6.73. The first-order chi connectivity index (χ1) is 21.0. The summed E-state index contributed by atoms with van der Waals surface area (Å²) in [4.78, 5) is 0. The Balaban J connectivity index is 1.07. The lowest BCUT2D eigenvalue weighted by molar-refractivity contribution is -0.205. The van der Waals surface area contributed by atoms with Crippen LogP contribution in [0.1, 0.15) is 118 Å². The molecule has 0 unspecified atom stereocenters. The Hall–Kier alpha value is -0.150.